The topological polar surface area (TPSA) is 52.6 Å². The molecule has 0 unspecified atom stereocenters. The first-order chi connectivity index (χ1) is 13.7. The smallest absolute Gasteiger partial charge is 0.191 e. The number of aliphatic imine (C=N–C) groups is 1. The molecule has 0 amide bonds. The first kappa shape index (κ1) is 23.8. The first-order valence-electron chi connectivity index (χ1n) is 9.81. The van der Waals surface area contributed by atoms with Crippen LogP contribution >= 0.6 is 35.3 Å². The summed E-state index contributed by atoms with van der Waals surface area (Å²) in [5.41, 5.74) is 1.42. The number of nitrogens with one attached hydrogen (secondary N) is 2. The Balaban J connectivity index is 0.00000300. The summed E-state index contributed by atoms with van der Waals surface area (Å²) in [6.07, 6.45) is 3.66. The third-order valence-corrected chi connectivity index (χ3v) is 5.54. The molecule has 1 aromatic heterocycles. The predicted octanol–water partition coefficient (Wildman–Crippen LogP) is 3.98. The number of benzene rings is 1. The molecule has 160 valence electrons. The van der Waals surface area contributed by atoms with Gasteiger partial charge in [0.25, 0.3) is 0 Å². The number of hydrogen-bond acceptors (Lipinski definition) is 4. The van der Waals surface area contributed by atoms with Crippen LogP contribution in [0, 0.1) is 11.6 Å². The maximum Gasteiger partial charge on any atom is 0.191 e. The molecule has 1 fully saturated rings. The molecule has 0 atom stereocenters. The fraction of sp³-hybridized carbons (Fsp3) is 0.500. The minimum absolute atomic E-state index is 0. The Morgan fingerprint density at radius 2 is 2.00 bits per heavy atom. The normalized spacial score (nSPS) is 14.0. The lowest BCUT2D eigenvalue weighted by Gasteiger charge is -2.12. The van der Waals surface area contributed by atoms with Gasteiger partial charge in [-0.2, -0.15) is 0 Å². The summed E-state index contributed by atoms with van der Waals surface area (Å²) in [4.78, 5) is 11.6. The van der Waals surface area contributed by atoms with Crippen molar-refractivity contribution < 1.29 is 8.78 Å². The predicted molar refractivity (Wildman–Crippen MR) is 127 cm³/mol. The maximum absolute atomic E-state index is 13.7. The number of anilines is 1. The van der Waals surface area contributed by atoms with E-state index in [1.807, 2.05) is 6.92 Å². The summed E-state index contributed by atoms with van der Waals surface area (Å²) in [6, 6.07) is 3.53. The highest BCUT2D eigenvalue weighted by Gasteiger charge is 2.15. The van der Waals surface area contributed by atoms with Gasteiger partial charge < -0.3 is 15.5 Å². The van der Waals surface area contributed by atoms with E-state index in [2.05, 4.69) is 25.9 Å². The summed E-state index contributed by atoms with van der Waals surface area (Å²) in [5.74, 6) is -0.134. The fourth-order valence-electron chi connectivity index (χ4n) is 3.14. The van der Waals surface area contributed by atoms with E-state index in [4.69, 9.17) is 4.98 Å². The van der Waals surface area contributed by atoms with Gasteiger partial charge in [-0.25, -0.2) is 13.8 Å². The Morgan fingerprint density at radius 1 is 1.21 bits per heavy atom. The molecule has 3 rings (SSSR count). The number of aromatic nitrogens is 1. The highest BCUT2D eigenvalue weighted by Crippen LogP contribution is 2.24. The first-order valence-corrected chi connectivity index (χ1v) is 10.7. The monoisotopic (exact) mass is 535 g/mol. The van der Waals surface area contributed by atoms with Crippen molar-refractivity contribution in [1.29, 1.82) is 0 Å². The molecule has 0 radical (unpaired) electrons. The molecule has 0 bridgehead atoms. The van der Waals surface area contributed by atoms with Crippen LogP contribution < -0.4 is 15.5 Å². The van der Waals surface area contributed by atoms with Gasteiger partial charge in [0.15, 0.2) is 11.1 Å². The summed E-state index contributed by atoms with van der Waals surface area (Å²) in [5, 5.41) is 9.57. The molecule has 0 aliphatic carbocycles. The van der Waals surface area contributed by atoms with Gasteiger partial charge in [0.2, 0.25) is 0 Å². The van der Waals surface area contributed by atoms with Gasteiger partial charge in [-0.05, 0) is 49.9 Å². The maximum atomic E-state index is 13.7. The average molecular weight is 535 g/mol. The zero-order valence-electron chi connectivity index (χ0n) is 16.6. The molecular formula is C20H28F2IN5S. The van der Waals surface area contributed by atoms with E-state index >= 15 is 0 Å². The summed E-state index contributed by atoms with van der Waals surface area (Å²) in [6.45, 7) is 6.02. The van der Waals surface area contributed by atoms with Crippen LogP contribution in [-0.4, -0.2) is 43.7 Å². The zero-order chi connectivity index (χ0) is 19.8. The van der Waals surface area contributed by atoms with Gasteiger partial charge in [-0.3, -0.25) is 4.99 Å². The van der Waals surface area contributed by atoms with Gasteiger partial charge in [-0.1, -0.05) is 0 Å². The van der Waals surface area contributed by atoms with Crippen LogP contribution in [0.3, 0.4) is 0 Å². The van der Waals surface area contributed by atoms with E-state index in [0.29, 0.717) is 31.0 Å². The Labute approximate surface area is 192 Å². The molecular weight excluding hydrogens is 507 g/mol. The fourth-order valence-corrected chi connectivity index (χ4v) is 4.05. The van der Waals surface area contributed by atoms with E-state index in [1.54, 1.807) is 11.3 Å². The van der Waals surface area contributed by atoms with Crippen LogP contribution in [0.4, 0.5) is 13.9 Å². The minimum atomic E-state index is -0.423. The molecule has 0 spiro atoms. The Hall–Kier alpha value is -1.49. The Kier molecular flexibility index (Phi) is 10.1. The highest BCUT2D eigenvalue weighted by atomic mass is 127. The van der Waals surface area contributed by atoms with Gasteiger partial charge >= 0.3 is 0 Å². The lowest BCUT2D eigenvalue weighted by atomic mass is 10.1. The van der Waals surface area contributed by atoms with Crippen molar-refractivity contribution in [2.75, 3.05) is 37.6 Å². The largest absolute Gasteiger partial charge is 0.357 e. The average Bonchev–Trinajstić information content (AvgIpc) is 3.36. The number of thiazole rings is 1. The number of guanidine groups is 1. The van der Waals surface area contributed by atoms with Crippen LogP contribution in [0.5, 0.6) is 0 Å². The molecule has 29 heavy (non-hydrogen) atoms. The standard InChI is InChI=1S/C20H27F2N5S.HI/c1-2-23-19(24-9-7-15-13-16(21)5-6-18(15)22)25-10-8-17-14-28-20(26-17)27-11-3-4-12-27;/h5-6,13-14H,2-4,7-12H2,1H3,(H2,23,24,25);1H. The number of hydrogen-bond donors (Lipinski definition) is 2. The van der Waals surface area contributed by atoms with Crippen molar-refractivity contribution in [2.45, 2.75) is 32.6 Å². The van der Waals surface area contributed by atoms with E-state index in [0.717, 1.165) is 49.0 Å². The van der Waals surface area contributed by atoms with Gasteiger partial charge in [0, 0.05) is 44.5 Å². The number of rotatable bonds is 8. The van der Waals surface area contributed by atoms with Gasteiger partial charge in [-0.15, -0.1) is 35.3 Å². The Morgan fingerprint density at radius 3 is 2.76 bits per heavy atom. The third-order valence-electron chi connectivity index (χ3n) is 4.59. The molecule has 9 heteroatoms. The van der Waals surface area contributed by atoms with Crippen molar-refractivity contribution in [2.24, 2.45) is 4.99 Å². The molecule has 0 saturated carbocycles. The molecule has 2 heterocycles. The lowest BCUT2D eigenvalue weighted by Crippen LogP contribution is -2.38. The lowest BCUT2D eigenvalue weighted by molar-refractivity contribution is 0.583. The molecule has 2 N–H and O–H groups in total. The Bertz CT molecular complexity index is 793. The van der Waals surface area contributed by atoms with Crippen LogP contribution in [0.1, 0.15) is 31.0 Å². The van der Waals surface area contributed by atoms with Crippen LogP contribution in [-0.2, 0) is 12.8 Å². The third kappa shape index (κ3) is 7.36. The molecule has 1 aromatic carbocycles. The van der Waals surface area contributed by atoms with Crippen LogP contribution in [0.25, 0.3) is 0 Å². The number of halogens is 3. The molecule has 1 aliphatic rings. The van der Waals surface area contributed by atoms with Gasteiger partial charge in [0.1, 0.15) is 11.6 Å². The molecule has 2 aromatic rings. The second kappa shape index (κ2) is 12.3. The highest BCUT2D eigenvalue weighted by molar-refractivity contribution is 14.0. The summed E-state index contributed by atoms with van der Waals surface area (Å²) >= 11 is 1.70. The minimum Gasteiger partial charge on any atom is -0.357 e. The van der Waals surface area contributed by atoms with Gasteiger partial charge in [0.05, 0.1) is 5.69 Å². The van der Waals surface area contributed by atoms with Crippen molar-refractivity contribution in [3.05, 3.63) is 46.5 Å². The quantitative estimate of drug-likeness (QED) is 0.305. The van der Waals surface area contributed by atoms with E-state index < -0.39 is 5.82 Å². The van der Waals surface area contributed by atoms with Crippen molar-refractivity contribution in [3.8, 4) is 0 Å². The van der Waals surface area contributed by atoms with E-state index in [-0.39, 0.29) is 29.8 Å². The zero-order valence-corrected chi connectivity index (χ0v) is 19.7. The molecule has 1 saturated heterocycles. The van der Waals surface area contributed by atoms with E-state index in [1.165, 1.54) is 18.9 Å². The second-order valence-corrected chi connectivity index (χ2v) is 7.58. The number of nitrogens with zero attached hydrogens (tertiary/aromatic N) is 3. The van der Waals surface area contributed by atoms with Crippen molar-refractivity contribution >= 4 is 46.4 Å². The van der Waals surface area contributed by atoms with Crippen LogP contribution in [0.15, 0.2) is 28.6 Å². The van der Waals surface area contributed by atoms with Crippen molar-refractivity contribution in [3.63, 3.8) is 0 Å². The van der Waals surface area contributed by atoms with E-state index in [9.17, 15) is 8.78 Å². The van der Waals surface area contributed by atoms with Crippen LogP contribution in [0.2, 0.25) is 0 Å². The summed E-state index contributed by atoms with van der Waals surface area (Å²) in [7, 11) is 0. The van der Waals surface area contributed by atoms with Crippen molar-refractivity contribution in [1.82, 2.24) is 15.6 Å². The molecule has 5 nitrogen and oxygen atoms in total. The SMILES string of the molecule is CCNC(=NCCc1csc(N2CCCC2)n1)NCCc1cc(F)ccc1F.I. The second-order valence-electron chi connectivity index (χ2n) is 6.74. The molecule has 1 aliphatic heterocycles. The summed E-state index contributed by atoms with van der Waals surface area (Å²) < 4.78 is 26.9.